The number of rotatable bonds is 1. The molecule has 0 bridgehead atoms. The number of ether oxygens (including phenoxy) is 1. The molecule has 108 valence electrons. The summed E-state index contributed by atoms with van der Waals surface area (Å²) in [5.41, 5.74) is 4.79. The number of benzene rings is 2. The number of nitrogens with zero attached hydrogens (tertiary/aromatic N) is 1. The zero-order valence-electron chi connectivity index (χ0n) is 12.5. The average Bonchev–Trinajstić information content (AvgIpc) is 2.50. The minimum absolute atomic E-state index is 0.0168. The van der Waals surface area contributed by atoms with E-state index in [-0.39, 0.29) is 12.4 Å². The molecule has 1 aliphatic rings. The van der Waals surface area contributed by atoms with E-state index in [4.69, 9.17) is 10.00 Å². The monoisotopic (exact) mass is 289 g/mol. The van der Waals surface area contributed by atoms with E-state index in [1.807, 2.05) is 44.2 Å². The molecule has 1 heterocycles. The maximum absolute atomic E-state index is 12.7. The van der Waals surface area contributed by atoms with Crippen molar-refractivity contribution < 1.29 is 9.53 Å². The lowest BCUT2D eigenvalue weighted by atomic mass is 9.93. The quantitative estimate of drug-likeness (QED) is 0.750. The Morgan fingerprint density at radius 2 is 1.91 bits per heavy atom. The molecule has 3 rings (SSSR count). The van der Waals surface area contributed by atoms with Crippen LogP contribution in [-0.4, -0.2) is 12.4 Å². The first kappa shape index (κ1) is 14.1. The summed E-state index contributed by atoms with van der Waals surface area (Å²) in [6.07, 6.45) is 1.83. The van der Waals surface area contributed by atoms with Crippen LogP contribution in [0, 0.1) is 25.2 Å². The molecule has 0 saturated heterocycles. The largest absolute Gasteiger partial charge is 0.488 e. The van der Waals surface area contributed by atoms with Crippen molar-refractivity contribution in [3.8, 4) is 11.8 Å². The number of carbonyl (C=O) groups is 1. The number of carbonyl (C=O) groups excluding carboxylic acids is 1. The lowest BCUT2D eigenvalue weighted by molar-refractivity contribution is 0.1000. The summed E-state index contributed by atoms with van der Waals surface area (Å²) in [5, 5.41) is 8.81. The van der Waals surface area contributed by atoms with Gasteiger partial charge in [0, 0.05) is 5.57 Å². The summed E-state index contributed by atoms with van der Waals surface area (Å²) in [6, 6.07) is 13.1. The van der Waals surface area contributed by atoms with Crippen LogP contribution in [0.4, 0.5) is 0 Å². The Bertz CT molecular complexity index is 824. The van der Waals surface area contributed by atoms with Crippen molar-refractivity contribution >= 4 is 11.9 Å². The third-order valence-electron chi connectivity index (χ3n) is 3.73. The van der Waals surface area contributed by atoms with Gasteiger partial charge in [-0.3, -0.25) is 4.79 Å². The molecule has 0 N–H and O–H groups in total. The predicted molar refractivity (Wildman–Crippen MR) is 84.9 cm³/mol. The molecule has 0 fully saturated rings. The van der Waals surface area contributed by atoms with Gasteiger partial charge >= 0.3 is 0 Å². The first-order valence-corrected chi connectivity index (χ1v) is 7.08. The van der Waals surface area contributed by atoms with E-state index in [0.29, 0.717) is 22.4 Å². The van der Waals surface area contributed by atoms with Gasteiger partial charge in [0.2, 0.25) is 0 Å². The van der Waals surface area contributed by atoms with Crippen molar-refractivity contribution in [3.05, 3.63) is 69.8 Å². The Labute approximate surface area is 129 Å². The maximum atomic E-state index is 12.7. The second-order valence-corrected chi connectivity index (χ2v) is 5.48. The number of nitriles is 1. The van der Waals surface area contributed by atoms with E-state index < -0.39 is 0 Å². The van der Waals surface area contributed by atoms with Crippen LogP contribution < -0.4 is 4.74 Å². The van der Waals surface area contributed by atoms with Crippen molar-refractivity contribution in [1.82, 2.24) is 0 Å². The SMILES string of the molecule is Cc1cc(C)c2c(c1)OC/C(=C\c1ccc(C#N)cc1)C2=O. The Morgan fingerprint density at radius 1 is 1.18 bits per heavy atom. The molecular formula is C19H15NO2. The Balaban J connectivity index is 1.98. The summed E-state index contributed by atoms with van der Waals surface area (Å²) >= 11 is 0. The minimum atomic E-state index is 0.0168. The van der Waals surface area contributed by atoms with Gasteiger partial charge in [0.05, 0.1) is 17.2 Å². The van der Waals surface area contributed by atoms with Gasteiger partial charge in [-0.15, -0.1) is 0 Å². The van der Waals surface area contributed by atoms with E-state index in [1.54, 1.807) is 12.1 Å². The third kappa shape index (κ3) is 2.51. The van der Waals surface area contributed by atoms with Gasteiger partial charge in [0.15, 0.2) is 5.78 Å². The molecule has 3 heteroatoms. The van der Waals surface area contributed by atoms with E-state index in [1.165, 1.54) is 0 Å². The highest BCUT2D eigenvalue weighted by Crippen LogP contribution is 2.31. The van der Waals surface area contributed by atoms with Crippen molar-refractivity contribution in [2.24, 2.45) is 0 Å². The van der Waals surface area contributed by atoms with Crippen LogP contribution in [0.5, 0.6) is 5.75 Å². The van der Waals surface area contributed by atoms with Crippen LogP contribution in [0.25, 0.3) is 6.08 Å². The van der Waals surface area contributed by atoms with Gasteiger partial charge < -0.3 is 4.74 Å². The highest BCUT2D eigenvalue weighted by Gasteiger charge is 2.25. The molecule has 0 amide bonds. The second kappa shape index (κ2) is 5.50. The highest BCUT2D eigenvalue weighted by atomic mass is 16.5. The molecule has 0 unspecified atom stereocenters. The third-order valence-corrected chi connectivity index (χ3v) is 3.73. The van der Waals surface area contributed by atoms with Crippen molar-refractivity contribution in [3.63, 3.8) is 0 Å². The molecule has 0 saturated carbocycles. The van der Waals surface area contributed by atoms with Gasteiger partial charge in [-0.2, -0.15) is 5.26 Å². The van der Waals surface area contributed by atoms with Gasteiger partial charge in [-0.1, -0.05) is 18.2 Å². The molecule has 22 heavy (non-hydrogen) atoms. The summed E-state index contributed by atoms with van der Waals surface area (Å²) in [6.45, 7) is 4.19. The van der Waals surface area contributed by atoms with E-state index in [9.17, 15) is 4.79 Å². The Morgan fingerprint density at radius 3 is 2.59 bits per heavy atom. The van der Waals surface area contributed by atoms with Crippen molar-refractivity contribution in [2.75, 3.05) is 6.61 Å². The van der Waals surface area contributed by atoms with Crippen LogP contribution in [-0.2, 0) is 0 Å². The van der Waals surface area contributed by atoms with E-state index in [2.05, 4.69) is 6.07 Å². The zero-order chi connectivity index (χ0) is 15.7. The van der Waals surface area contributed by atoms with Gasteiger partial charge in [-0.05, 0) is 54.8 Å². The van der Waals surface area contributed by atoms with E-state index >= 15 is 0 Å². The molecule has 0 aromatic heterocycles. The predicted octanol–water partition coefficient (Wildman–Crippen LogP) is 3.83. The molecular weight excluding hydrogens is 274 g/mol. The first-order valence-electron chi connectivity index (χ1n) is 7.08. The van der Waals surface area contributed by atoms with E-state index in [0.717, 1.165) is 16.7 Å². The molecule has 0 spiro atoms. The van der Waals surface area contributed by atoms with Gasteiger partial charge in [0.1, 0.15) is 12.4 Å². The lowest BCUT2D eigenvalue weighted by Crippen LogP contribution is -2.20. The van der Waals surface area contributed by atoms with Crippen molar-refractivity contribution in [2.45, 2.75) is 13.8 Å². The van der Waals surface area contributed by atoms with Crippen LogP contribution in [0.3, 0.4) is 0 Å². The van der Waals surface area contributed by atoms with Gasteiger partial charge in [-0.25, -0.2) is 0 Å². The molecule has 2 aromatic rings. The number of ketones is 1. The summed E-state index contributed by atoms with van der Waals surface area (Å²) in [7, 11) is 0. The fraction of sp³-hybridized carbons (Fsp3) is 0.158. The zero-order valence-corrected chi connectivity index (χ0v) is 12.5. The number of hydrogen-bond acceptors (Lipinski definition) is 3. The van der Waals surface area contributed by atoms with Crippen LogP contribution in [0.1, 0.15) is 32.6 Å². The average molecular weight is 289 g/mol. The summed E-state index contributed by atoms with van der Waals surface area (Å²) < 4.78 is 5.74. The lowest BCUT2D eigenvalue weighted by Gasteiger charge is -2.21. The second-order valence-electron chi connectivity index (χ2n) is 5.48. The molecule has 0 atom stereocenters. The number of Topliss-reactive ketones (excluding diaryl/α,β-unsaturated/α-hetero) is 1. The van der Waals surface area contributed by atoms with Gasteiger partial charge in [0.25, 0.3) is 0 Å². The minimum Gasteiger partial charge on any atom is -0.488 e. The number of hydrogen-bond donors (Lipinski definition) is 0. The van der Waals surface area contributed by atoms with Crippen LogP contribution >= 0.6 is 0 Å². The molecule has 3 nitrogen and oxygen atoms in total. The summed E-state index contributed by atoms with van der Waals surface area (Å²) in [5.74, 6) is 0.683. The number of fused-ring (bicyclic) bond motifs is 1. The Hall–Kier alpha value is -2.86. The highest BCUT2D eigenvalue weighted by molar-refractivity contribution is 6.14. The smallest absolute Gasteiger partial charge is 0.196 e. The molecule has 0 radical (unpaired) electrons. The fourth-order valence-corrected chi connectivity index (χ4v) is 2.68. The standard InChI is InChI=1S/C19H15NO2/c1-12-7-13(2)18-17(8-12)22-11-16(19(18)21)9-14-3-5-15(10-20)6-4-14/h3-9H,11H2,1-2H3/b16-9+. The first-order chi connectivity index (χ1) is 10.6. The topological polar surface area (TPSA) is 50.1 Å². The molecule has 2 aromatic carbocycles. The fourth-order valence-electron chi connectivity index (χ4n) is 2.68. The Kier molecular flexibility index (Phi) is 3.52. The number of aryl methyl sites for hydroxylation is 2. The molecule has 0 aliphatic carbocycles. The molecule has 1 aliphatic heterocycles. The summed E-state index contributed by atoms with van der Waals surface area (Å²) in [4.78, 5) is 12.7. The van der Waals surface area contributed by atoms with Crippen LogP contribution in [0.2, 0.25) is 0 Å². The normalized spacial score (nSPS) is 15.1. The van der Waals surface area contributed by atoms with Crippen molar-refractivity contribution in [1.29, 1.82) is 5.26 Å². The maximum Gasteiger partial charge on any atom is 0.196 e. The van der Waals surface area contributed by atoms with Crippen LogP contribution in [0.15, 0.2) is 42.0 Å².